The van der Waals surface area contributed by atoms with Gasteiger partial charge in [0.05, 0.1) is 16.7 Å². The lowest BCUT2D eigenvalue weighted by molar-refractivity contribution is 0.589. The number of benzene rings is 1. The van der Waals surface area contributed by atoms with E-state index in [1.54, 1.807) is 11.3 Å². The Morgan fingerprint density at radius 2 is 1.84 bits per heavy atom. The predicted octanol–water partition coefficient (Wildman–Crippen LogP) is 3.99. The summed E-state index contributed by atoms with van der Waals surface area (Å²) >= 11 is 1.66. The van der Waals surface area contributed by atoms with Crippen molar-refractivity contribution in [3.8, 4) is 0 Å². The Balaban J connectivity index is 2.07. The van der Waals surface area contributed by atoms with Gasteiger partial charge in [-0.15, -0.1) is 11.3 Å². The van der Waals surface area contributed by atoms with Crippen molar-refractivity contribution in [1.29, 1.82) is 0 Å². The van der Waals surface area contributed by atoms with Crippen LogP contribution in [0.4, 0.5) is 0 Å². The largest absolute Gasteiger partial charge is 0.322 e. The molecule has 1 atom stereocenters. The normalized spacial score (nSPS) is 13.5. The third kappa shape index (κ3) is 3.64. The molecule has 2 N–H and O–H groups in total. The van der Waals surface area contributed by atoms with E-state index in [1.165, 1.54) is 11.1 Å². The number of hydrogen-bond donors (Lipinski definition) is 1. The highest BCUT2D eigenvalue weighted by atomic mass is 32.1. The molecule has 3 heteroatoms. The van der Waals surface area contributed by atoms with Gasteiger partial charge in [-0.2, -0.15) is 0 Å². The quantitative estimate of drug-likeness (QED) is 0.919. The second-order valence-electron chi connectivity index (χ2n) is 6.05. The van der Waals surface area contributed by atoms with E-state index >= 15 is 0 Å². The Bertz CT molecular complexity index is 535. The first-order valence-electron chi connectivity index (χ1n) is 6.63. The van der Waals surface area contributed by atoms with Crippen molar-refractivity contribution in [2.45, 2.75) is 45.6 Å². The molecule has 0 aliphatic rings. The van der Waals surface area contributed by atoms with Gasteiger partial charge in [0.15, 0.2) is 0 Å². The summed E-state index contributed by atoms with van der Waals surface area (Å²) < 4.78 is 0. The van der Waals surface area contributed by atoms with Crippen LogP contribution in [0.5, 0.6) is 0 Å². The molecular weight excluding hydrogens is 252 g/mol. The van der Waals surface area contributed by atoms with E-state index in [0.717, 1.165) is 17.1 Å². The van der Waals surface area contributed by atoms with Gasteiger partial charge in [0.25, 0.3) is 0 Å². The summed E-state index contributed by atoms with van der Waals surface area (Å²) in [7, 11) is 0. The van der Waals surface area contributed by atoms with Crippen LogP contribution in [-0.4, -0.2) is 4.98 Å². The summed E-state index contributed by atoms with van der Waals surface area (Å²) in [5.74, 6) is 0. The van der Waals surface area contributed by atoms with Crippen LogP contribution in [0.3, 0.4) is 0 Å². The standard InChI is InChI=1S/C16H22N2S/c1-11-18-15(10-19-11)14(17)9-12-5-7-13(8-6-12)16(2,3)4/h5-8,10,14H,9,17H2,1-4H3. The molecule has 2 rings (SSSR count). The summed E-state index contributed by atoms with van der Waals surface area (Å²) in [6, 6.07) is 8.76. The van der Waals surface area contributed by atoms with Gasteiger partial charge in [-0.25, -0.2) is 4.98 Å². The SMILES string of the molecule is Cc1nc(C(N)Cc2ccc(C(C)(C)C)cc2)cs1. The molecule has 0 aliphatic heterocycles. The van der Waals surface area contributed by atoms with E-state index in [-0.39, 0.29) is 11.5 Å². The lowest BCUT2D eigenvalue weighted by atomic mass is 9.86. The molecule has 0 bridgehead atoms. The summed E-state index contributed by atoms with van der Waals surface area (Å²) in [6.45, 7) is 8.70. The second kappa shape index (κ2) is 5.43. The summed E-state index contributed by atoms with van der Waals surface area (Å²) in [4.78, 5) is 4.46. The number of aromatic nitrogens is 1. The first kappa shape index (κ1) is 14.2. The number of aryl methyl sites for hydroxylation is 1. The Morgan fingerprint density at radius 1 is 1.21 bits per heavy atom. The Kier molecular flexibility index (Phi) is 4.07. The third-order valence-corrected chi connectivity index (χ3v) is 4.08. The molecule has 0 saturated carbocycles. The first-order chi connectivity index (χ1) is 8.86. The van der Waals surface area contributed by atoms with Crippen LogP contribution in [0, 0.1) is 6.92 Å². The molecular formula is C16H22N2S. The van der Waals surface area contributed by atoms with Crippen molar-refractivity contribution in [3.63, 3.8) is 0 Å². The Morgan fingerprint density at radius 3 is 2.32 bits per heavy atom. The molecule has 1 unspecified atom stereocenters. The fraction of sp³-hybridized carbons (Fsp3) is 0.438. The third-order valence-electron chi connectivity index (χ3n) is 3.29. The zero-order chi connectivity index (χ0) is 14.0. The lowest BCUT2D eigenvalue weighted by Crippen LogP contribution is -2.14. The minimum absolute atomic E-state index is 0.00885. The second-order valence-corrected chi connectivity index (χ2v) is 7.11. The van der Waals surface area contributed by atoms with E-state index in [2.05, 4.69) is 55.4 Å². The topological polar surface area (TPSA) is 38.9 Å². The van der Waals surface area contributed by atoms with Crippen LogP contribution in [0.15, 0.2) is 29.6 Å². The molecule has 0 fully saturated rings. The van der Waals surface area contributed by atoms with Gasteiger partial charge in [0, 0.05) is 5.38 Å². The van der Waals surface area contributed by atoms with E-state index in [0.29, 0.717) is 0 Å². The highest BCUT2D eigenvalue weighted by molar-refractivity contribution is 7.09. The maximum absolute atomic E-state index is 6.21. The molecule has 0 saturated heterocycles. The van der Waals surface area contributed by atoms with Crippen molar-refractivity contribution in [1.82, 2.24) is 4.98 Å². The molecule has 1 aromatic heterocycles. The molecule has 1 heterocycles. The van der Waals surface area contributed by atoms with E-state index in [1.807, 2.05) is 6.92 Å². The van der Waals surface area contributed by atoms with Crippen LogP contribution in [0.1, 0.15) is 48.6 Å². The van der Waals surface area contributed by atoms with Gasteiger partial charge in [-0.05, 0) is 29.9 Å². The van der Waals surface area contributed by atoms with E-state index in [9.17, 15) is 0 Å². The molecule has 0 aliphatic carbocycles. The Hall–Kier alpha value is -1.19. The number of rotatable bonds is 3. The van der Waals surface area contributed by atoms with Gasteiger partial charge >= 0.3 is 0 Å². The van der Waals surface area contributed by atoms with Crippen LogP contribution in [-0.2, 0) is 11.8 Å². The fourth-order valence-electron chi connectivity index (χ4n) is 2.05. The smallest absolute Gasteiger partial charge is 0.0898 e. The van der Waals surface area contributed by atoms with Crippen molar-refractivity contribution in [2.75, 3.05) is 0 Å². The molecule has 0 radical (unpaired) electrons. The van der Waals surface area contributed by atoms with E-state index < -0.39 is 0 Å². The van der Waals surface area contributed by atoms with Gasteiger partial charge < -0.3 is 5.73 Å². The molecule has 0 spiro atoms. The van der Waals surface area contributed by atoms with Gasteiger partial charge in [0.2, 0.25) is 0 Å². The summed E-state index contributed by atoms with van der Waals surface area (Å²) in [5, 5.41) is 3.14. The number of thiazole rings is 1. The fourth-order valence-corrected chi connectivity index (χ4v) is 2.73. The number of nitrogens with zero attached hydrogens (tertiary/aromatic N) is 1. The minimum Gasteiger partial charge on any atom is -0.322 e. The molecule has 2 nitrogen and oxygen atoms in total. The van der Waals surface area contributed by atoms with Crippen molar-refractivity contribution >= 4 is 11.3 Å². The zero-order valence-electron chi connectivity index (χ0n) is 12.1. The number of nitrogens with two attached hydrogens (primary N) is 1. The summed E-state index contributed by atoms with van der Waals surface area (Å²) in [5.41, 5.74) is 10.0. The average molecular weight is 274 g/mol. The van der Waals surface area contributed by atoms with Crippen molar-refractivity contribution in [3.05, 3.63) is 51.5 Å². The van der Waals surface area contributed by atoms with E-state index in [4.69, 9.17) is 5.73 Å². The van der Waals surface area contributed by atoms with Crippen molar-refractivity contribution in [2.24, 2.45) is 5.73 Å². The molecule has 2 aromatic rings. The number of hydrogen-bond acceptors (Lipinski definition) is 3. The maximum Gasteiger partial charge on any atom is 0.0898 e. The van der Waals surface area contributed by atoms with Crippen LogP contribution < -0.4 is 5.73 Å². The van der Waals surface area contributed by atoms with Crippen LogP contribution in [0.2, 0.25) is 0 Å². The highest BCUT2D eigenvalue weighted by Gasteiger charge is 2.14. The zero-order valence-corrected chi connectivity index (χ0v) is 12.9. The van der Waals surface area contributed by atoms with Gasteiger partial charge in [0.1, 0.15) is 0 Å². The monoisotopic (exact) mass is 274 g/mol. The predicted molar refractivity (Wildman–Crippen MR) is 82.6 cm³/mol. The van der Waals surface area contributed by atoms with Crippen LogP contribution in [0.25, 0.3) is 0 Å². The van der Waals surface area contributed by atoms with Gasteiger partial charge in [-0.1, -0.05) is 45.0 Å². The van der Waals surface area contributed by atoms with Crippen LogP contribution >= 0.6 is 11.3 Å². The summed E-state index contributed by atoms with van der Waals surface area (Å²) in [6.07, 6.45) is 0.841. The molecule has 1 aromatic carbocycles. The molecule has 102 valence electrons. The maximum atomic E-state index is 6.21. The molecule has 19 heavy (non-hydrogen) atoms. The Labute approximate surface area is 119 Å². The lowest BCUT2D eigenvalue weighted by Gasteiger charge is -2.19. The minimum atomic E-state index is -0.00885. The van der Waals surface area contributed by atoms with Crippen molar-refractivity contribution < 1.29 is 0 Å². The average Bonchev–Trinajstić information content (AvgIpc) is 2.75. The first-order valence-corrected chi connectivity index (χ1v) is 7.51. The van der Waals surface area contributed by atoms with Gasteiger partial charge in [-0.3, -0.25) is 0 Å². The highest BCUT2D eigenvalue weighted by Crippen LogP contribution is 2.24. The molecule has 0 amide bonds.